The minimum atomic E-state index is -3.82. The van der Waals surface area contributed by atoms with Gasteiger partial charge in [-0.05, 0) is 23.7 Å². The summed E-state index contributed by atoms with van der Waals surface area (Å²) in [6.45, 7) is 1.81. The van der Waals surface area contributed by atoms with Crippen molar-refractivity contribution in [1.29, 1.82) is 0 Å². The van der Waals surface area contributed by atoms with Gasteiger partial charge in [0, 0.05) is 6.07 Å². The van der Waals surface area contributed by atoms with Crippen LogP contribution in [0.4, 0.5) is 5.82 Å². The second kappa shape index (κ2) is 6.00. The summed E-state index contributed by atoms with van der Waals surface area (Å²) in [5, 5.41) is 7.16. The molecule has 9 heteroatoms. The number of nitrogens with one attached hydrogen (secondary N) is 1. The highest BCUT2D eigenvalue weighted by molar-refractivity contribution is 7.92. The summed E-state index contributed by atoms with van der Waals surface area (Å²) in [4.78, 5) is 0.0187. The molecule has 1 heterocycles. The normalized spacial score (nSPS) is 11.2. The number of ether oxygens (including phenoxy) is 2. The zero-order chi connectivity index (χ0) is 15.5. The minimum absolute atomic E-state index is 0.0187. The molecule has 2 rings (SSSR count). The van der Waals surface area contributed by atoms with E-state index in [1.165, 1.54) is 32.4 Å². The van der Waals surface area contributed by atoms with Crippen LogP contribution in [0, 0.1) is 0 Å². The van der Waals surface area contributed by atoms with Crippen molar-refractivity contribution >= 4 is 15.8 Å². The molecule has 0 spiro atoms. The third-order valence-electron chi connectivity index (χ3n) is 2.79. The lowest BCUT2D eigenvalue weighted by Crippen LogP contribution is -2.14. The van der Waals surface area contributed by atoms with E-state index in [4.69, 9.17) is 9.47 Å². The number of aryl methyl sites for hydroxylation is 1. The Morgan fingerprint density at radius 2 is 1.90 bits per heavy atom. The Morgan fingerprint density at radius 3 is 2.52 bits per heavy atom. The second-order valence-electron chi connectivity index (χ2n) is 4.04. The molecule has 0 bridgehead atoms. The van der Waals surface area contributed by atoms with Crippen LogP contribution in [0.25, 0.3) is 0 Å². The Balaban J connectivity index is 2.36. The van der Waals surface area contributed by atoms with E-state index in [1.54, 1.807) is 0 Å². The highest BCUT2D eigenvalue weighted by Gasteiger charge is 2.20. The first-order valence-electron chi connectivity index (χ1n) is 6.08. The zero-order valence-corrected chi connectivity index (χ0v) is 12.6. The van der Waals surface area contributed by atoms with Crippen LogP contribution in [-0.2, 0) is 16.4 Å². The third-order valence-corrected chi connectivity index (χ3v) is 4.12. The van der Waals surface area contributed by atoms with Gasteiger partial charge in [-0.25, -0.2) is 13.0 Å². The predicted molar refractivity (Wildman–Crippen MR) is 74.0 cm³/mol. The van der Waals surface area contributed by atoms with Crippen LogP contribution in [-0.4, -0.2) is 33.0 Å². The van der Waals surface area contributed by atoms with Crippen LogP contribution in [0.15, 0.2) is 27.7 Å². The van der Waals surface area contributed by atoms with E-state index < -0.39 is 10.0 Å². The van der Waals surface area contributed by atoms with Crippen LogP contribution in [0.5, 0.6) is 11.5 Å². The monoisotopic (exact) mass is 313 g/mol. The lowest BCUT2D eigenvalue weighted by atomic mass is 10.3. The van der Waals surface area contributed by atoms with Gasteiger partial charge in [-0.3, -0.25) is 4.72 Å². The smallest absolute Gasteiger partial charge is 0.263 e. The molecule has 1 N–H and O–H groups in total. The molecule has 0 unspecified atom stereocenters. The zero-order valence-electron chi connectivity index (χ0n) is 11.8. The molecule has 0 radical (unpaired) electrons. The van der Waals surface area contributed by atoms with Crippen molar-refractivity contribution in [2.45, 2.75) is 18.2 Å². The van der Waals surface area contributed by atoms with Gasteiger partial charge in [-0.2, -0.15) is 0 Å². The standard InChI is InChI=1S/C12H15N3O5S/c1-4-9-12(14-20-13-9)15-21(16,17)8-5-6-10(18-2)11(7-8)19-3/h5-7H,4H2,1-3H3,(H,14,15). The fraction of sp³-hybridized carbons (Fsp3) is 0.333. The van der Waals surface area contributed by atoms with Crippen LogP contribution in [0.2, 0.25) is 0 Å². The van der Waals surface area contributed by atoms with Crippen molar-refractivity contribution in [3.05, 3.63) is 23.9 Å². The lowest BCUT2D eigenvalue weighted by Gasteiger charge is -2.10. The largest absolute Gasteiger partial charge is 0.493 e. The summed E-state index contributed by atoms with van der Waals surface area (Å²) >= 11 is 0. The summed E-state index contributed by atoms with van der Waals surface area (Å²) in [7, 11) is -0.921. The van der Waals surface area contributed by atoms with E-state index in [1.807, 2.05) is 6.92 Å². The molecule has 0 aliphatic carbocycles. The van der Waals surface area contributed by atoms with Gasteiger partial charge in [0.1, 0.15) is 5.69 Å². The van der Waals surface area contributed by atoms with Crippen molar-refractivity contribution < 1.29 is 22.5 Å². The summed E-state index contributed by atoms with van der Waals surface area (Å²) in [5.41, 5.74) is 0.430. The molecule has 8 nitrogen and oxygen atoms in total. The maximum Gasteiger partial charge on any atom is 0.263 e. The van der Waals surface area contributed by atoms with Gasteiger partial charge in [-0.15, -0.1) is 0 Å². The molecule has 0 saturated carbocycles. The number of benzene rings is 1. The van der Waals surface area contributed by atoms with Crippen LogP contribution >= 0.6 is 0 Å². The number of hydrogen-bond acceptors (Lipinski definition) is 7. The quantitative estimate of drug-likeness (QED) is 0.860. The Morgan fingerprint density at radius 1 is 1.19 bits per heavy atom. The van der Waals surface area contributed by atoms with Crippen LogP contribution < -0.4 is 14.2 Å². The number of hydrogen-bond donors (Lipinski definition) is 1. The Hall–Kier alpha value is -2.29. The van der Waals surface area contributed by atoms with E-state index in [9.17, 15) is 8.42 Å². The number of sulfonamides is 1. The molecule has 114 valence electrons. The summed E-state index contributed by atoms with van der Waals surface area (Å²) in [6, 6.07) is 4.28. The lowest BCUT2D eigenvalue weighted by molar-refractivity contribution is 0.305. The van der Waals surface area contributed by atoms with Gasteiger partial charge >= 0.3 is 0 Å². The SMILES string of the molecule is CCc1nonc1NS(=O)(=O)c1ccc(OC)c(OC)c1. The molecular formula is C12H15N3O5S. The molecule has 0 amide bonds. The molecule has 1 aromatic carbocycles. The van der Waals surface area contributed by atoms with Gasteiger partial charge in [0.05, 0.1) is 19.1 Å². The third kappa shape index (κ3) is 3.07. The average molecular weight is 313 g/mol. The highest BCUT2D eigenvalue weighted by atomic mass is 32.2. The van der Waals surface area contributed by atoms with Crippen LogP contribution in [0.1, 0.15) is 12.6 Å². The van der Waals surface area contributed by atoms with E-state index in [0.29, 0.717) is 23.6 Å². The maximum absolute atomic E-state index is 12.3. The molecule has 21 heavy (non-hydrogen) atoms. The van der Waals surface area contributed by atoms with Gasteiger partial charge in [0.15, 0.2) is 11.5 Å². The molecule has 0 fully saturated rings. The number of rotatable bonds is 6. The first-order valence-corrected chi connectivity index (χ1v) is 7.56. The van der Waals surface area contributed by atoms with Gasteiger partial charge in [-0.1, -0.05) is 12.1 Å². The summed E-state index contributed by atoms with van der Waals surface area (Å²) in [6.07, 6.45) is 0.493. The van der Waals surface area contributed by atoms with Crippen molar-refractivity contribution in [1.82, 2.24) is 10.3 Å². The number of aromatic nitrogens is 2. The number of anilines is 1. The Labute approximate surface area is 122 Å². The topological polar surface area (TPSA) is 104 Å². The van der Waals surface area contributed by atoms with Crippen molar-refractivity contribution in [2.24, 2.45) is 0 Å². The first-order chi connectivity index (χ1) is 10.0. The molecule has 2 aromatic rings. The summed E-state index contributed by atoms with van der Waals surface area (Å²) < 4.78 is 41.7. The van der Waals surface area contributed by atoms with Crippen molar-refractivity contribution in [2.75, 3.05) is 18.9 Å². The van der Waals surface area contributed by atoms with Gasteiger partial charge in [0.2, 0.25) is 5.82 Å². The minimum Gasteiger partial charge on any atom is -0.493 e. The molecule has 0 aliphatic rings. The highest BCUT2D eigenvalue weighted by Crippen LogP contribution is 2.30. The molecule has 0 atom stereocenters. The molecule has 0 saturated heterocycles. The maximum atomic E-state index is 12.3. The first kappa shape index (κ1) is 15.1. The predicted octanol–water partition coefficient (Wildman–Crippen LogP) is 1.45. The summed E-state index contributed by atoms with van der Waals surface area (Å²) in [5.74, 6) is 0.829. The number of nitrogens with zero attached hydrogens (tertiary/aromatic N) is 2. The van der Waals surface area contributed by atoms with E-state index in [2.05, 4.69) is 19.7 Å². The van der Waals surface area contributed by atoms with Crippen molar-refractivity contribution in [3.8, 4) is 11.5 Å². The van der Waals surface area contributed by atoms with Crippen molar-refractivity contribution in [3.63, 3.8) is 0 Å². The van der Waals surface area contributed by atoms with E-state index >= 15 is 0 Å². The molecule has 1 aromatic heterocycles. The number of methoxy groups -OCH3 is 2. The van der Waals surface area contributed by atoms with E-state index in [0.717, 1.165) is 0 Å². The van der Waals surface area contributed by atoms with E-state index in [-0.39, 0.29) is 10.7 Å². The Bertz CT molecular complexity index is 726. The van der Waals surface area contributed by atoms with Crippen LogP contribution in [0.3, 0.4) is 0 Å². The second-order valence-corrected chi connectivity index (χ2v) is 5.72. The fourth-order valence-corrected chi connectivity index (χ4v) is 2.72. The average Bonchev–Trinajstić information content (AvgIpc) is 2.92. The molecule has 0 aliphatic heterocycles. The Kier molecular flexibility index (Phi) is 4.32. The fourth-order valence-electron chi connectivity index (χ4n) is 1.69. The van der Waals surface area contributed by atoms with Gasteiger partial charge < -0.3 is 9.47 Å². The molecular weight excluding hydrogens is 298 g/mol. The van der Waals surface area contributed by atoms with Gasteiger partial charge in [0.25, 0.3) is 10.0 Å².